The van der Waals surface area contributed by atoms with E-state index in [4.69, 9.17) is 9.05 Å². The molecule has 8 unspecified atom stereocenters. The highest BCUT2D eigenvalue weighted by atomic mass is 31.2. The molecule has 0 heterocycles. The van der Waals surface area contributed by atoms with Crippen molar-refractivity contribution in [1.82, 2.24) is 5.32 Å². The lowest BCUT2D eigenvalue weighted by atomic mass is 9.85. The molecule has 0 radical (unpaired) electrons. The number of amides is 1. The molecule has 13 nitrogen and oxygen atoms in total. The van der Waals surface area contributed by atoms with Crippen molar-refractivity contribution in [3.8, 4) is 0 Å². The molecule has 1 aliphatic carbocycles. The lowest BCUT2D eigenvalue weighted by molar-refractivity contribution is -0.220. The molecule has 368 valence electrons. The van der Waals surface area contributed by atoms with E-state index in [9.17, 15) is 50.0 Å². The van der Waals surface area contributed by atoms with E-state index in [-0.39, 0.29) is 12.8 Å². The first-order valence-electron chi connectivity index (χ1n) is 25.2. The third-order valence-corrected chi connectivity index (χ3v) is 13.4. The topological polar surface area (TPSA) is 226 Å². The second-order valence-corrected chi connectivity index (χ2v) is 19.6. The number of rotatable bonds is 42. The summed E-state index contributed by atoms with van der Waals surface area (Å²) in [6.45, 7) is 3.79. The first-order chi connectivity index (χ1) is 29.8. The van der Waals surface area contributed by atoms with Crippen LogP contribution in [0.5, 0.6) is 0 Å². The molecule has 0 spiro atoms. The van der Waals surface area contributed by atoms with Gasteiger partial charge in [-0.1, -0.05) is 193 Å². The highest BCUT2D eigenvalue weighted by molar-refractivity contribution is 7.47. The molecule has 14 heteroatoms. The SMILES string of the molecule is CCCCCCCCCCCCCC/C=C\CCCCCCCC(O)CC(=O)NC(COP(=O)(O)OC1C(O)C(O)C(O)C(O)C1O)C(O)CCCCCCCCCCCCC. The maximum atomic E-state index is 13.0. The van der Waals surface area contributed by atoms with Gasteiger partial charge in [0.1, 0.15) is 36.6 Å². The molecular formula is C48H94NO12P. The highest BCUT2D eigenvalue weighted by Crippen LogP contribution is 2.47. The van der Waals surface area contributed by atoms with Crippen LogP contribution in [-0.4, -0.2) is 108 Å². The molecular weight excluding hydrogens is 813 g/mol. The van der Waals surface area contributed by atoms with Crippen molar-refractivity contribution in [2.75, 3.05) is 6.61 Å². The quantitative estimate of drug-likeness (QED) is 0.0159. The zero-order chi connectivity index (χ0) is 45.9. The van der Waals surface area contributed by atoms with Gasteiger partial charge >= 0.3 is 7.82 Å². The predicted octanol–water partition coefficient (Wildman–Crippen LogP) is 8.98. The van der Waals surface area contributed by atoms with Crippen molar-refractivity contribution < 1.29 is 59.0 Å². The van der Waals surface area contributed by atoms with Gasteiger partial charge in [-0.3, -0.25) is 13.8 Å². The smallest absolute Gasteiger partial charge is 0.393 e. The van der Waals surface area contributed by atoms with Crippen LogP contribution in [-0.2, 0) is 18.4 Å². The summed E-state index contributed by atoms with van der Waals surface area (Å²) >= 11 is 0. The van der Waals surface area contributed by atoms with Gasteiger partial charge in [-0.15, -0.1) is 0 Å². The van der Waals surface area contributed by atoms with E-state index >= 15 is 0 Å². The average molecular weight is 908 g/mol. The molecule has 0 aromatic rings. The van der Waals surface area contributed by atoms with Crippen molar-refractivity contribution in [2.45, 2.75) is 281 Å². The fourth-order valence-corrected chi connectivity index (χ4v) is 9.21. The van der Waals surface area contributed by atoms with Crippen LogP contribution < -0.4 is 5.32 Å². The van der Waals surface area contributed by atoms with Crippen LogP contribution >= 0.6 is 7.82 Å². The Labute approximate surface area is 376 Å². The Bertz CT molecular complexity index is 1120. The maximum Gasteiger partial charge on any atom is 0.472 e. The molecule has 0 aliphatic heterocycles. The van der Waals surface area contributed by atoms with Crippen LogP contribution in [0.3, 0.4) is 0 Å². The third kappa shape index (κ3) is 29.5. The maximum absolute atomic E-state index is 13.0. The van der Waals surface area contributed by atoms with Gasteiger partial charge < -0.3 is 46.0 Å². The van der Waals surface area contributed by atoms with E-state index < -0.39 is 75.2 Å². The summed E-state index contributed by atoms with van der Waals surface area (Å²) in [5.41, 5.74) is 0. The molecule has 1 rings (SSSR count). The Balaban J connectivity index is 2.41. The summed E-state index contributed by atoms with van der Waals surface area (Å²) in [5, 5.41) is 74.6. The predicted molar refractivity (Wildman–Crippen MR) is 247 cm³/mol. The number of hydrogen-bond acceptors (Lipinski definition) is 11. The van der Waals surface area contributed by atoms with Crippen molar-refractivity contribution in [2.24, 2.45) is 0 Å². The molecule has 0 bridgehead atoms. The van der Waals surface area contributed by atoms with E-state index in [1.54, 1.807) is 0 Å². The summed E-state index contributed by atoms with van der Waals surface area (Å²) in [7, 11) is -5.11. The lowest BCUT2D eigenvalue weighted by Crippen LogP contribution is -2.64. The zero-order valence-electron chi connectivity index (χ0n) is 39.1. The molecule has 1 fully saturated rings. The number of hydrogen-bond donors (Lipinski definition) is 9. The van der Waals surface area contributed by atoms with Gasteiger partial charge in [-0.25, -0.2) is 4.57 Å². The van der Waals surface area contributed by atoms with Crippen molar-refractivity contribution in [1.29, 1.82) is 0 Å². The largest absolute Gasteiger partial charge is 0.472 e. The van der Waals surface area contributed by atoms with E-state index in [0.29, 0.717) is 12.8 Å². The molecule has 62 heavy (non-hydrogen) atoms. The molecule has 1 saturated carbocycles. The summed E-state index contributed by atoms with van der Waals surface area (Å²) < 4.78 is 22.9. The van der Waals surface area contributed by atoms with Gasteiger partial charge in [0.05, 0.1) is 31.3 Å². The second-order valence-electron chi connectivity index (χ2n) is 18.2. The lowest BCUT2D eigenvalue weighted by Gasteiger charge is -2.41. The van der Waals surface area contributed by atoms with Gasteiger partial charge in [-0.2, -0.15) is 0 Å². The van der Waals surface area contributed by atoms with Crippen LogP contribution in [0, 0.1) is 0 Å². The number of aliphatic hydroxyl groups excluding tert-OH is 7. The number of phosphoric acid groups is 1. The Morgan fingerprint density at radius 2 is 0.903 bits per heavy atom. The van der Waals surface area contributed by atoms with Gasteiger partial charge in [-0.05, 0) is 38.5 Å². The monoisotopic (exact) mass is 908 g/mol. The highest BCUT2D eigenvalue weighted by Gasteiger charge is 2.51. The Kier molecular flexibility index (Phi) is 36.4. The molecule has 9 N–H and O–H groups in total. The first kappa shape index (κ1) is 59.1. The van der Waals surface area contributed by atoms with Crippen LogP contribution in [0.1, 0.15) is 226 Å². The zero-order valence-corrected chi connectivity index (χ0v) is 39.9. The van der Waals surface area contributed by atoms with Crippen molar-refractivity contribution in [3.05, 3.63) is 12.2 Å². The second kappa shape index (κ2) is 38.2. The van der Waals surface area contributed by atoms with Crippen LogP contribution in [0.15, 0.2) is 12.2 Å². The minimum absolute atomic E-state index is 0.225. The molecule has 1 amide bonds. The first-order valence-corrected chi connectivity index (χ1v) is 26.7. The molecule has 1 aliphatic rings. The number of phosphoric ester groups is 1. The van der Waals surface area contributed by atoms with Gasteiger partial charge in [0, 0.05) is 0 Å². The standard InChI is InChI=1S/C48H94NO12P/c1-3-5-7-9-11-13-15-16-17-18-19-20-21-22-23-24-26-27-29-31-33-35-39(50)37-42(52)49-40(41(51)36-34-32-30-28-25-14-12-10-8-6-4-2)38-60-62(58,59)61-48-46(56)44(54)43(53)45(55)47(48)57/h22-23,39-41,43-48,50-51,53-57H,3-21,24-38H2,1-2H3,(H,49,52)(H,58,59)/b23-22-. The number of nitrogens with one attached hydrogen (secondary N) is 1. The van der Waals surface area contributed by atoms with Gasteiger partial charge in [0.15, 0.2) is 0 Å². The molecule has 0 aromatic carbocycles. The Morgan fingerprint density at radius 1 is 0.548 bits per heavy atom. The van der Waals surface area contributed by atoms with Crippen molar-refractivity contribution in [3.63, 3.8) is 0 Å². The normalized spacial score (nSPS) is 23.1. The van der Waals surface area contributed by atoms with Crippen molar-refractivity contribution >= 4 is 13.7 Å². The van der Waals surface area contributed by atoms with Gasteiger partial charge in [0.25, 0.3) is 0 Å². The van der Waals surface area contributed by atoms with E-state index in [1.807, 2.05) is 0 Å². The number of carbonyl (C=O) groups excluding carboxylic acids is 1. The van der Waals surface area contributed by atoms with Crippen LogP contribution in [0.2, 0.25) is 0 Å². The third-order valence-electron chi connectivity index (χ3n) is 12.4. The number of aliphatic hydroxyl groups is 7. The molecule has 8 atom stereocenters. The van der Waals surface area contributed by atoms with E-state index in [2.05, 4.69) is 31.3 Å². The fraction of sp³-hybridized carbons (Fsp3) is 0.938. The molecule has 0 aromatic heterocycles. The number of carbonyl (C=O) groups is 1. The Hall–Kier alpha value is -0.960. The van der Waals surface area contributed by atoms with Crippen LogP contribution in [0.25, 0.3) is 0 Å². The number of allylic oxidation sites excluding steroid dienone is 2. The van der Waals surface area contributed by atoms with Gasteiger partial charge in [0.2, 0.25) is 5.91 Å². The minimum atomic E-state index is -5.11. The minimum Gasteiger partial charge on any atom is -0.393 e. The summed E-state index contributed by atoms with van der Waals surface area (Å²) in [6, 6.07) is -1.15. The summed E-state index contributed by atoms with van der Waals surface area (Å²) in [5.74, 6) is -0.564. The Morgan fingerprint density at radius 3 is 1.32 bits per heavy atom. The average Bonchev–Trinajstić information content (AvgIpc) is 3.24. The molecule has 0 saturated heterocycles. The number of unbranched alkanes of at least 4 members (excludes halogenated alkanes) is 27. The van der Waals surface area contributed by atoms with E-state index in [0.717, 1.165) is 70.6 Å². The van der Waals surface area contributed by atoms with E-state index in [1.165, 1.54) is 116 Å². The summed E-state index contributed by atoms with van der Waals surface area (Å²) in [4.78, 5) is 23.5. The fourth-order valence-electron chi connectivity index (χ4n) is 8.24. The van der Waals surface area contributed by atoms with Crippen LogP contribution in [0.4, 0.5) is 0 Å². The summed E-state index contributed by atoms with van der Waals surface area (Å²) in [6.07, 6.45) is 27.0.